The van der Waals surface area contributed by atoms with Crippen LogP contribution >= 0.6 is 0 Å². The van der Waals surface area contributed by atoms with Gasteiger partial charge in [0.1, 0.15) is 12.6 Å². The number of carbonyl (C=O) groups is 3. The number of amides is 4. The van der Waals surface area contributed by atoms with Crippen LogP contribution in [0.3, 0.4) is 0 Å². The van der Waals surface area contributed by atoms with E-state index in [1.54, 1.807) is 14.7 Å². The molecule has 2 aliphatic rings. The lowest BCUT2D eigenvalue weighted by Gasteiger charge is -2.39. The summed E-state index contributed by atoms with van der Waals surface area (Å²) in [7, 11) is 0. The predicted molar refractivity (Wildman–Crippen MR) is 117 cm³/mol. The Morgan fingerprint density at radius 3 is 2.29 bits per heavy atom. The fourth-order valence-corrected chi connectivity index (χ4v) is 4.24. The molecule has 2 aromatic rings. The molecule has 2 fully saturated rings. The number of fused-ring (bicyclic) bond motifs is 1. The van der Waals surface area contributed by atoms with Crippen LogP contribution in [0.2, 0.25) is 0 Å². The quantitative estimate of drug-likeness (QED) is 0.803. The Kier molecular flexibility index (Phi) is 6.50. The highest BCUT2D eigenvalue weighted by Crippen LogP contribution is 2.21. The van der Waals surface area contributed by atoms with Gasteiger partial charge in [-0.3, -0.25) is 9.59 Å². The zero-order chi connectivity index (χ0) is 21.6. The molecule has 0 radical (unpaired) electrons. The summed E-state index contributed by atoms with van der Waals surface area (Å²) >= 11 is 0. The molecule has 1 N–H and O–H groups in total. The zero-order valence-electron chi connectivity index (χ0n) is 17.6. The SMILES string of the molecule is O=C(NCCc1ccccc1)N1CCC2C(=O)N(Cc3ccccc3)CC(=O)N2CC1. The van der Waals surface area contributed by atoms with Crippen molar-refractivity contribution in [1.29, 1.82) is 0 Å². The van der Waals surface area contributed by atoms with Gasteiger partial charge in [0.15, 0.2) is 0 Å². The van der Waals surface area contributed by atoms with E-state index in [1.807, 2.05) is 60.7 Å². The maximum absolute atomic E-state index is 13.1. The molecule has 2 heterocycles. The molecule has 0 saturated carbocycles. The Morgan fingerprint density at radius 1 is 0.903 bits per heavy atom. The molecule has 2 aliphatic heterocycles. The van der Waals surface area contributed by atoms with Gasteiger partial charge in [-0.1, -0.05) is 60.7 Å². The van der Waals surface area contributed by atoms with E-state index >= 15 is 0 Å². The van der Waals surface area contributed by atoms with Crippen molar-refractivity contribution in [3.05, 3.63) is 71.8 Å². The molecular weight excluding hydrogens is 392 g/mol. The van der Waals surface area contributed by atoms with Gasteiger partial charge in [-0.05, 0) is 24.0 Å². The summed E-state index contributed by atoms with van der Waals surface area (Å²) in [5, 5.41) is 2.96. The number of rotatable bonds is 5. The maximum Gasteiger partial charge on any atom is 0.317 e. The molecule has 1 unspecified atom stereocenters. The van der Waals surface area contributed by atoms with Crippen molar-refractivity contribution in [2.24, 2.45) is 0 Å². The van der Waals surface area contributed by atoms with Crippen LogP contribution in [-0.2, 0) is 22.6 Å². The van der Waals surface area contributed by atoms with Gasteiger partial charge < -0.3 is 20.0 Å². The Balaban J connectivity index is 1.33. The van der Waals surface area contributed by atoms with Gasteiger partial charge in [0, 0.05) is 32.7 Å². The highest BCUT2D eigenvalue weighted by molar-refractivity contribution is 5.95. The third-order valence-corrected chi connectivity index (χ3v) is 5.94. The lowest BCUT2D eigenvalue weighted by atomic mass is 10.1. The first kappa shape index (κ1) is 20.9. The van der Waals surface area contributed by atoms with Crippen LogP contribution in [0, 0.1) is 0 Å². The van der Waals surface area contributed by atoms with Gasteiger partial charge in [0.2, 0.25) is 11.8 Å². The van der Waals surface area contributed by atoms with E-state index in [2.05, 4.69) is 5.32 Å². The summed E-state index contributed by atoms with van der Waals surface area (Å²) in [6.45, 7) is 2.35. The summed E-state index contributed by atoms with van der Waals surface area (Å²) in [5.74, 6) is -0.0818. The van der Waals surface area contributed by atoms with Crippen molar-refractivity contribution in [3.63, 3.8) is 0 Å². The number of carbonyl (C=O) groups excluding carboxylic acids is 3. The van der Waals surface area contributed by atoms with Crippen LogP contribution in [0.15, 0.2) is 60.7 Å². The van der Waals surface area contributed by atoms with Gasteiger partial charge in [-0.25, -0.2) is 4.79 Å². The first-order valence-electron chi connectivity index (χ1n) is 10.8. The number of piperazine rings is 1. The summed E-state index contributed by atoms with van der Waals surface area (Å²) in [6, 6.07) is 19.1. The van der Waals surface area contributed by atoms with E-state index in [0.717, 1.165) is 12.0 Å². The second-order valence-corrected chi connectivity index (χ2v) is 8.03. The smallest absolute Gasteiger partial charge is 0.317 e. The molecule has 162 valence electrons. The third-order valence-electron chi connectivity index (χ3n) is 5.94. The number of hydrogen-bond acceptors (Lipinski definition) is 3. The minimum absolute atomic E-state index is 0.0326. The second-order valence-electron chi connectivity index (χ2n) is 8.03. The molecule has 0 bridgehead atoms. The monoisotopic (exact) mass is 420 g/mol. The molecule has 0 aliphatic carbocycles. The van der Waals surface area contributed by atoms with Crippen LogP contribution in [0.1, 0.15) is 17.5 Å². The number of nitrogens with zero attached hydrogens (tertiary/aromatic N) is 3. The topological polar surface area (TPSA) is 73.0 Å². The third kappa shape index (κ3) is 5.05. The van der Waals surface area contributed by atoms with Crippen molar-refractivity contribution in [1.82, 2.24) is 20.0 Å². The van der Waals surface area contributed by atoms with Crippen molar-refractivity contribution in [2.75, 3.05) is 32.7 Å². The van der Waals surface area contributed by atoms with Crippen molar-refractivity contribution >= 4 is 17.8 Å². The van der Waals surface area contributed by atoms with E-state index in [4.69, 9.17) is 0 Å². The van der Waals surface area contributed by atoms with E-state index < -0.39 is 6.04 Å². The molecule has 4 amide bonds. The first-order valence-corrected chi connectivity index (χ1v) is 10.8. The Morgan fingerprint density at radius 2 is 1.58 bits per heavy atom. The summed E-state index contributed by atoms with van der Waals surface area (Å²) < 4.78 is 0. The molecule has 2 saturated heterocycles. The standard InChI is InChI=1S/C24H28N4O3/c29-22-18-27(17-20-9-5-2-6-10-20)23(30)21-12-14-26(15-16-28(21)22)24(31)25-13-11-19-7-3-1-4-8-19/h1-10,21H,11-18H2,(H,25,31). The highest BCUT2D eigenvalue weighted by Gasteiger charge is 2.41. The number of benzene rings is 2. The number of hydrogen-bond donors (Lipinski definition) is 1. The largest absolute Gasteiger partial charge is 0.338 e. The van der Waals surface area contributed by atoms with E-state index in [1.165, 1.54) is 5.56 Å². The second kappa shape index (κ2) is 9.64. The van der Waals surface area contributed by atoms with E-state index in [-0.39, 0.29) is 24.4 Å². The predicted octanol–water partition coefficient (Wildman–Crippen LogP) is 1.88. The molecule has 4 rings (SSSR count). The maximum atomic E-state index is 13.1. The molecule has 1 atom stereocenters. The van der Waals surface area contributed by atoms with Crippen molar-refractivity contribution in [2.45, 2.75) is 25.4 Å². The highest BCUT2D eigenvalue weighted by atomic mass is 16.2. The molecular formula is C24H28N4O3. The lowest BCUT2D eigenvalue weighted by molar-refractivity contribution is -0.156. The molecule has 0 aromatic heterocycles. The van der Waals surface area contributed by atoms with Crippen LogP contribution in [0.25, 0.3) is 0 Å². The van der Waals surface area contributed by atoms with E-state index in [0.29, 0.717) is 39.1 Å². The minimum Gasteiger partial charge on any atom is -0.338 e. The average Bonchev–Trinajstić information content (AvgIpc) is 3.02. The molecule has 7 heteroatoms. The van der Waals surface area contributed by atoms with Crippen molar-refractivity contribution in [3.8, 4) is 0 Å². The Hall–Kier alpha value is -3.35. The van der Waals surface area contributed by atoms with Gasteiger partial charge in [0.05, 0.1) is 0 Å². The van der Waals surface area contributed by atoms with E-state index in [9.17, 15) is 14.4 Å². The van der Waals surface area contributed by atoms with Gasteiger partial charge in [0.25, 0.3) is 0 Å². The first-order chi connectivity index (χ1) is 15.1. The van der Waals surface area contributed by atoms with Crippen LogP contribution in [0.5, 0.6) is 0 Å². The minimum atomic E-state index is -0.493. The summed E-state index contributed by atoms with van der Waals surface area (Å²) in [5.41, 5.74) is 2.18. The average molecular weight is 421 g/mol. The van der Waals surface area contributed by atoms with Gasteiger partial charge >= 0.3 is 6.03 Å². The van der Waals surface area contributed by atoms with Gasteiger partial charge in [-0.2, -0.15) is 0 Å². The van der Waals surface area contributed by atoms with Crippen LogP contribution in [0.4, 0.5) is 4.79 Å². The fourth-order valence-electron chi connectivity index (χ4n) is 4.24. The summed E-state index contributed by atoms with van der Waals surface area (Å²) in [6.07, 6.45) is 1.22. The molecule has 7 nitrogen and oxygen atoms in total. The molecule has 2 aromatic carbocycles. The zero-order valence-corrected chi connectivity index (χ0v) is 17.6. The van der Waals surface area contributed by atoms with Crippen molar-refractivity contribution < 1.29 is 14.4 Å². The van der Waals surface area contributed by atoms with Gasteiger partial charge in [-0.15, -0.1) is 0 Å². The number of urea groups is 1. The molecule has 0 spiro atoms. The Bertz CT molecular complexity index is 919. The Labute approximate surface area is 182 Å². The summed E-state index contributed by atoms with van der Waals surface area (Å²) in [4.78, 5) is 43.5. The van der Waals surface area contributed by atoms with Crippen LogP contribution in [-0.4, -0.2) is 71.3 Å². The number of nitrogens with one attached hydrogen (secondary N) is 1. The molecule has 31 heavy (non-hydrogen) atoms. The lowest BCUT2D eigenvalue weighted by Crippen LogP contribution is -2.59. The van der Waals surface area contributed by atoms with Crippen LogP contribution < -0.4 is 5.32 Å². The fraction of sp³-hybridized carbons (Fsp3) is 0.375. The normalized spacial score (nSPS) is 19.1.